The summed E-state index contributed by atoms with van der Waals surface area (Å²) in [5.74, 6) is 0.543. The summed E-state index contributed by atoms with van der Waals surface area (Å²) in [5, 5.41) is 14.3. The molecule has 0 spiro atoms. The number of benzene rings is 1. The van der Waals surface area contributed by atoms with Gasteiger partial charge in [0.15, 0.2) is 0 Å². The van der Waals surface area contributed by atoms with Crippen molar-refractivity contribution in [2.45, 2.75) is 13.0 Å². The Morgan fingerprint density at radius 3 is 2.82 bits per heavy atom. The van der Waals surface area contributed by atoms with E-state index in [-0.39, 0.29) is 12.6 Å². The number of rotatable bonds is 4. The van der Waals surface area contributed by atoms with Crippen LogP contribution in [0.3, 0.4) is 0 Å². The third kappa shape index (κ3) is 4.13. The van der Waals surface area contributed by atoms with E-state index in [0.29, 0.717) is 16.5 Å². The SMILES string of the molecule is COc1ccc(NC(=O)N[C@@H](C)CO)cc1Cl. The van der Waals surface area contributed by atoms with Crippen molar-refractivity contribution in [2.75, 3.05) is 19.0 Å². The molecule has 6 heteroatoms. The number of amides is 2. The van der Waals surface area contributed by atoms with Crippen LogP contribution in [0.25, 0.3) is 0 Å². The van der Waals surface area contributed by atoms with Crippen LogP contribution in [-0.2, 0) is 0 Å². The lowest BCUT2D eigenvalue weighted by Crippen LogP contribution is -2.38. The van der Waals surface area contributed by atoms with Crippen molar-refractivity contribution in [3.05, 3.63) is 23.2 Å². The topological polar surface area (TPSA) is 70.6 Å². The van der Waals surface area contributed by atoms with Crippen LogP contribution in [0.5, 0.6) is 5.75 Å². The molecule has 0 fully saturated rings. The van der Waals surface area contributed by atoms with Gasteiger partial charge in [0.25, 0.3) is 0 Å². The van der Waals surface area contributed by atoms with Gasteiger partial charge in [0, 0.05) is 5.69 Å². The first-order valence-electron chi connectivity index (χ1n) is 5.08. The molecule has 17 heavy (non-hydrogen) atoms. The zero-order valence-corrected chi connectivity index (χ0v) is 10.4. The summed E-state index contributed by atoms with van der Waals surface area (Å²) in [4.78, 5) is 11.4. The zero-order valence-electron chi connectivity index (χ0n) is 9.66. The highest BCUT2D eigenvalue weighted by atomic mass is 35.5. The number of hydrogen-bond donors (Lipinski definition) is 3. The molecule has 0 aromatic heterocycles. The molecular weight excluding hydrogens is 244 g/mol. The number of anilines is 1. The van der Waals surface area contributed by atoms with Gasteiger partial charge in [-0.2, -0.15) is 0 Å². The first-order chi connectivity index (χ1) is 8.06. The van der Waals surface area contributed by atoms with Crippen molar-refractivity contribution < 1.29 is 14.6 Å². The van der Waals surface area contributed by atoms with E-state index in [9.17, 15) is 4.79 Å². The molecule has 0 aliphatic carbocycles. The normalized spacial score (nSPS) is 11.8. The fourth-order valence-electron chi connectivity index (χ4n) is 1.18. The molecule has 0 radical (unpaired) electrons. The van der Waals surface area contributed by atoms with Gasteiger partial charge >= 0.3 is 6.03 Å². The van der Waals surface area contributed by atoms with Crippen molar-refractivity contribution in [1.29, 1.82) is 0 Å². The van der Waals surface area contributed by atoms with E-state index < -0.39 is 6.03 Å². The molecule has 94 valence electrons. The highest BCUT2D eigenvalue weighted by Crippen LogP contribution is 2.27. The molecule has 0 saturated carbocycles. The average molecular weight is 259 g/mol. The maximum Gasteiger partial charge on any atom is 0.319 e. The molecule has 1 aromatic carbocycles. The van der Waals surface area contributed by atoms with Crippen LogP contribution in [0.2, 0.25) is 5.02 Å². The molecule has 3 N–H and O–H groups in total. The molecule has 0 aliphatic rings. The third-order valence-corrected chi connectivity index (χ3v) is 2.36. The summed E-state index contributed by atoms with van der Waals surface area (Å²) in [6.45, 7) is 1.58. The highest BCUT2D eigenvalue weighted by Gasteiger charge is 2.07. The summed E-state index contributed by atoms with van der Waals surface area (Å²) in [6, 6.07) is 4.22. The van der Waals surface area contributed by atoms with Gasteiger partial charge in [-0.3, -0.25) is 0 Å². The Balaban J connectivity index is 2.63. The van der Waals surface area contributed by atoms with Crippen molar-refractivity contribution in [2.24, 2.45) is 0 Å². The summed E-state index contributed by atoms with van der Waals surface area (Å²) in [5.41, 5.74) is 0.554. The van der Waals surface area contributed by atoms with E-state index in [1.165, 1.54) is 7.11 Å². The number of ether oxygens (including phenoxy) is 1. The number of aliphatic hydroxyl groups is 1. The maximum absolute atomic E-state index is 11.4. The average Bonchev–Trinajstić information content (AvgIpc) is 2.29. The third-order valence-electron chi connectivity index (χ3n) is 2.06. The van der Waals surface area contributed by atoms with Crippen LogP contribution in [0.1, 0.15) is 6.92 Å². The number of hydrogen-bond acceptors (Lipinski definition) is 3. The molecule has 1 rings (SSSR count). The molecule has 5 nitrogen and oxygen atoms in total. The molecule has 0 saturated heterocycles. The van der Waals surface area contributed by atoms with Gasteiger partial charge in [0.05, 0.1) is 24.8 Å². The van der Waals surface area contributed by atoms with Crippen molar-refractivity contribution in [1.82, 2.24) is 5.32 Å². The van der Waals surface area contributed by atoms with E-state index >= 15 is 0 Å². The second kappa shape index (κ2) is 6.32. The van der Waals surface area contributed by atoms with Gasteiger partial charge in [-0.15, -0.1) is 0 Å². The maximum atomic E-state index is 11.4. The quantitative estimate of drug-likeness (QED) is 0.772. The summed E-state index contributed by atoms with van der Waals surface area (Å²) < 4.78 is 4.99. The van der Waals surface area contributed by atoms with E-state index in [0.717, 1.165) is 0 Å². The van der Waals surface area contributed by atoms with Crippen molar-refractivity contribution in [3.8, 4) is 5.75 Å². The van der Waals surface area contributed by atoms with Crippen LogP contribution in [0.15, 0.2) is 18.2 Å². The zero-order chi connectivity index (χ0) is 12.8. The summed E-state index contributed by atoms with van der Waals surface area (Å²) in [6.07, 6.45) is 0. The lowest BCUT2D eigenvalue weighted by molar-refractivity contribution is 0.229. The molecule has 1 atom stereocenters. The Morgan fingerprint density at radius 1 is 1.59 bits per heavy atom. The van der Waals surface area contributed by atoms with Crippen LogP contribution in [-0.4, -0.2) is 30.9 Å². The van der Waals surface area contributed by atoms with Crippen LogP contribution < -0.4 is 15.4 Å². The summed E-state index contributed by atoms with van der Waals surface area (Å²) >= 11 is 5.91. The smallest absolute Gasteiger partial charge is 0.319 e. The van der Waals surface area contributed by atoms with E-state index in [1.807, 2.05) is 0 Å². The van der Waals surface area contributed by atoms with Gasteiger partial charge in [-0.25, -0.2) is 4.79 Å². The largest absolute Gasteiger partial charge is 0.495 e. The minimum absolute atomic E-state index is 0.114. The highest BCUT2D eigenvalue weighted by molar-refractivity contribution is 6.32. The molecule has 2 amide bonds. The number of halogens is 1. The first-order valence-corrected chi connectivity index (χ1v) is 5.46. The van der Waals surface area contributed by atoms with Crippen LogP contribution >= 0.6 is 11.6 Å². The minimum Gasteiger partial charge on any atom is -0.495 e. The Hall–Kier alpha value is -1.46. The van der Waals surface area contributed by atoms with Crippen molar-refractivity contribution in [3.63, 3.8) is 0 Å². The molecule has 0 unspecified atom stereocenters. The predicted octanol–water partition coefficient (Wildman–Crippen LogP) is 1.85. The van der Waals surface area contributed by atoms with Gasteiger partial charge in [-0.05, 0) is 25.1 Å². The van der Waals surface area contributed by atoms with Crippen molar-refractivity contribution >= 4 is 23.3 Å². The molecule has 0 aliphatic heterocycles. The number of carbonyl (C=O) groups excluding carboxylic acids is 1. The lowest BCUT2D eigenvalue weighted by Gasteiger charge is -2.12. The van der Waals surface area contributed by atoms with Gasteiger partial charge in [-0.1, -0.05) is 11.6 Å². The van der Waals surface area contributed by atoms with Gasteiger partial charge in [0.2, 0.25) is 0 Å². The lowest BCUT2D eigenvalue weighted by atomic mass is 10.3. The van der Waals surface area contributed by atoms with Gasteiger partial charge in [0.1, 0.15) is 5.75 Å². The standard InChI is InChI=1S/C11H15ClN2O3/c1-7(6-15)13-11(16)14-8-3-4-10(17-2)9(12)5-8/h3-5,7,15H,6H2,1-2H3,(H2,13,14,16)/t7-/m0/s1. The monoisotopic (exact) mass is 258 g/mol. The second-order valence-corrected chi connectivity index (χ2v) is 3.94. The number of carbonyl (C=O) groups is 1. The number of urea groups is 1. The van der Waals surface area contributed by atoms with Crippen LogP contribution in [0, 0.1) is 0 Å². The molecule has 0 bridgehead atoms. The Kier molecular flexibility index (Phi) is 5.06. The predicted molar refractivity (Wildman–Crippen MR) is 66.7 cm³/mol. The molecule has 0 heterocycles. The van der Waals surface area contributed by atoms with E-state index in [2.05, 4.69) is 10.6 Å². The fourth-order valence-corrected chi connectivity index (χ4v) is 1.44. The molecule has 1 aromatic rings. The number of nitrogens with one attached hydrogen (secondary N) is 2. The van der Waals surface area contributed by atoms with E-state index in [1.54, 1.807) is 25.1 Å². The van der Waals surface area contributed by atoms with Gasteiger partial charge < -0.3 is 20.5 Å². The summed E-state index contributed by atoms with van der Waals surface area (Å²) in [7, 11) is 1.52. The number of methoxy groups -OCH3 is 1. The minimum atomic E-state index is -0.396. The Labute approximate surface area is 105 Å². The Bertz CT molecular complexity index is 398. The first kappa shape index (κ1) is 13.6. The van der Waals surface area contributed by atoms with Crippen LogP contribution in [0.4, 0.5) is 10.5 Å². The van der Waals surface area contributed by atoms with E-state index in [4.69, 9.17) is 21.4 Å². The Morgan fingerprint density at radius 2 is 2.29 bits per heavy atom. The number of aliphatic hydroxyl groups excluding tert-OH is 1. The fraction of sp³-hybridized carbons (Fsp3) is 0.364. The second-order valence-electron chi connectivity index (χ2n) is 3.53. The molecular formula is C11H15ClN2O3.